The highest BCUT2D eigenvalue weighted by molar-refractivity contribution is 6.15. The van der Waals surface area contributed by atoms with Gasteiger partial charge in [0.2, 0.25) is 0 Å². The lowest BCUT2D eigenvalue weighted by Crippen LogP contribution is -2.39. The first-order valence-electron chi connectivity index (χ1n) is 9.23. The number of anilines is 1. The fourth-order valence-corrected chi connectivity index (χ4v) is 3.81. The summed E-state index contributed by atoms with van der Waals surface area (Å²) in [5, 5.41) is 6.02. The summed E-state index contributed by atoms with van der Waals surface area (Å²) in [7, 11) is 0. The van der Waals surface area contributed by atoms with Crippen LogP contribution in [0, 0.1) is 0 Å². The van der Waals surface area contributed by atoms with E-state index in [4.69, 9.17) is 9.72 Å². The lowest BCUT2D eigenvalue weighted by Gasteiger charge is -2.26. The molecule has 1 saturated heterocycles. The van der Waals surface area contributed by atoms with Crippen LogP contribution in [-0.4, -0.2) is 54.3 Å². The maximum Gasteiger partial charge on any atom is 0.0986 e. The monoisotopic (exact) mass is 346 g/mol. The largest absolute Gasteiger partial charge is 0.381 e. The Morgan fingerprint density at radius 2 is 1.77 bits per heavy atom. The summed E-state index contributed by atoms with van der Waals surface area (Å²) in [4.78, 5) is 10.9. The molecule has 5 rings (SSSR count). The molecule has 5 heteroatoms. The molecule has 132 valence electrons. The van der Waals surface area contributed by atoms with Crippen molar-refractivity contribution in [3.8, 4) is 0 Å². The molecular formula is C21H22N4O. The van der Waals surface area contributed by atoms with E-state index in [9.17, 15) is 0 Å². The number of pyridine rings is 1. The maximum absolute atomic E-state index is 5.44. The molecule has 3 heterocycles. The van der Waals surface area contributed by atoms with Gasteiger partial charge in [0.1, 0.15) is 0 Å². The number of aromatic nitrogens is 2. The van der Waals surface area contributed by atoms with E-state index < -0.39 is 0 Å². The Hall–Kier alpha value is -2.63. The molecule has 0 amide bonds. The van der Waals surface area contributed by atoms with Gasteiger partial charge in [-0.25, -0.2) is 4.98 Å². The molecule has 0 spiro atoms. The molecule has 2 N–H and O–H groups in total. The summed E-state index contributed by atoms with van der Waals surface area (Å²) in [6.07, 6.45) is 0. The molecule has 0 radical (unpaired) electrons. The Morgan fingerprint density at radius 1 is 1.00 bits per heavy atom. The summed E-state index contributed by atoms with van der Waals surface area (Å²) in [5.74, 6) is 0. The van der Waals surface area contributed by atoms with Gasteiger partial charge in [0.15, 0.2) is 0 Å². The smallest absolute Gasteiger partial charge is 0.0986 e. The van der Waals surface area contributed by atoms with E-state index in [-0.39, 0.29) is 0 Å². The van der Waals surface area contributed by atoms with E-state index in [2.05, 4.69) is 57.7 Å². The van der Waals surface area contributed by atoms with Gasteiger partial charge < -0.3 is 15.0 Å². The van der Waals surface area contributed by atoms with Gasteiger partial charge in [0.25, 0.3) is 0 Å². The molecule has 2 aromatic carbocycles. The van der Waals surface area contributed by atoms with Crippen LogP contribution >= 0.6 is 0 Å². The zero-order chi connectivity index (χ0) is 17.3. The molecule has 5 nitrogen and oxygen atoms in total. The van der Waals surface area contributed by atoms with E-state index in [1.807, 2.05) is 6.07 Å². The van der Waals surface area contributed by atoms with Crippen LogP contribution < -0.4 is 5.32 Å². The zero-order valence-corrected chi connectivity index (χ0v) is 14.7. The normalized spacial score (nSPS) is 15.8. The number of nitrogens with zero attached hydrogens (tertiary/aromatic N) is 2. The first-order valence-corrected chi connectivity index (χ1v) is 9.23. The van der Waals surface area contributed by atoms with Gasteiger partial charge in [0, 0.05) is 42.5 Å². The molecule has 26 heavy (non-hydrogen) atoms. The Bertz CT molecular complexity index is 1070. The second-order valence-corrected chi connectivity index (χ2v) is 6.78. The highest BCUT2D eigenvalue weighted by Crippen LogP contribution is 2.34. The summed E-state index contributed by atoms with van der Waals surface area (Å²) in [6.45, 7) is 5.62. The van der Waals surface area contributed by atoms with Crippen molar-refractivity contribution in [2.24, 2.45) is 0 Å². The van der Waals surface area contributed by atoms with E-state index in [0.717, 1.165) is 72.5 Å². The summed E-state index contributed by atoms with van der Waals surface area (Å²) < 4.78 is 5.44. The molecule has 1 aliphatic heterocycles. The van der Waals surface area contributed by atoms with Crippen LogP contribution in [0.2, 0.25) is 0 Å². The minimum atomic E-state index is 0.838. The summed E-state index contributed by atoms with van der Waals surface area (Å²) in [5.41, 5.74) is 5.43. The molecule has 1 aliphatic rings. The predicted octanol–water partition coefficient (Wildman–Crippen LogP) is 3.61. The Balaban J connectivity index is 1.56. The number of hydrogen-bond donors (Lipinski definition) is 2. The van der Waals surface area contributed by atoms with Crippen LogP contribution in [0.5, 0.6) is 0 Å². The molecule has 2 aromatic heterocycles. The molecule has 0 atom stereocenters. The lowest BCUT2D eigenvalue weighted by molar-refractivity contribution is 0.0398. The van der Waals surface area contributed by atoms with E-state index >= 15 is 0 Å². The number of benzene rings is 2. The topological polar surface area (TPSA) is 53.2 Å². The first kappa shape index (κ1) is 15.6. The van der Waals surface area contributed by atoms with Crippen molar-refractivity contribution in [2.45, 2.75) is 0 Å². The van der Waals surface area contributed by atoms with Crippen molar-refractivity contribution in [2.75, 3.05) is 44.7 Å². The average molecular weight is 346 g/mol. The second-order valence-electron chi connectivity index (χ2n) is 6.78. The highest BCUT2D eigenvalue weighted by Gasteiger charge is 2.14. The molecular weight excluding hydrogens is 324 g/mol. The van der Waals surface area contributed by atoms with Gasteiger partial charge in [-0.1, -0.05) is 36.4 Å². The third-order valence-electron chi connectivity index (χ3n) is 5.17. The van der Waals surface area contributed by atoms with Gasteiger partial charge in [-0.15, -0.1) is 0 Å². The third kappa shape index (κ3) is 2.69. The van der Waals surface area contributed by atoms with Crippen molar-refractivity contribution in [1.82, 2.24) is 14.9 Å². The minimum absolute atomic E-state index is 0.838. The number of hydrogen-bond acceptors (Lipinski definition) is 4. The van der Waals surface area contributed by atoms with Gasteiger partial charge in [-0.2, -0.15) is 0 Å². The quantitative estimate of drug-likeness (QED) is 0.593. The zero-order valence-electron chi connectivity index (χ0n) is 14.7. The SMILES string of the molecule is c1ccc2c(NCCN3CCOCC3)c3[nH]c4ccccc4c3nc2c1. The number of nitrogens with one attached hydrogen (secondary N) is 2. The van der Waals surface area contributed by atoms with Crippen LogP contribution in [0.25, 0.3) is 32.8 Å². The minimum Gasteiger partial charge on any atom is -0.381 e. The molecule has 0 aliphatic carbocycles. The lowest BCUT2D eigenvalue weighted by atomic mass is 10.1. The first-order chi connectivity index (χ1) is 12.9. The number of ether oxygens (including phenoxy) is 1. The van der Waals surface area contributed by atoms with Crippen molar-refractivity contribution in [1.29, 1.82) is 0 Å². The van der Waals surface area contributed by atoms with Crippen LogP contribution in [-0.2, 0) is 4.74 Å². The van der Waals surface area contributed by atoms with Crippen LogP contribution in [0.1, 0.15) is 0 Å². The van der Waals surface area contributed by atoms with Gasteiger partial charge in [0.05, 0.1) is 35.5 Å². The van der Waals surface area contributed by atoms with Crippen molar-refractivity contribution in [3.05, 3.63) is 48.5 Å². The number of H-pyrrole nitrogens is 1. The maximum atomic E-state index is 5.44. The molecule has 1 fully saturated rings. The predicted molar refractivity (Wildman–Crippen MR) is 107 cm³/mol. The van der Waals surface area contributed by atoms with Gasteiger partial charge in [-0.3, -0.25) is 4.90 Å². The molecule has 0 unspecified atom stereocenters. The van der Waals surface area contributed by atoms with Crippen LogP contribution in [0.3, 0.4) is 0 Å². The highest BCUT2D eigenvalue weighted by atomic mass is 16.5. The third-order valence-corrected chi connectivity index (χ3v) is 5.17. The molecule has 4 aromatic rings. The Morgan fingerprint density at radius 3 is 2.65 bits per heavy atom. The number of morpholine rings is 1. The molecule has 0 bridgehead atoms. The van der Waals surface area contributed by atoms with Crippen LogP contribution in [0.15, 0.2) is 48.5 Å². The summed E-state index contributed by atoms with van der Waals surface area (Å²) in [6, 6.07) is 16.7. The van der Waals surface area contributed by atoms with E-state index in [1.54, 1.807) is 0 Å². The molecule has 0 saturated carbocycles. The summed E-state index contributed by atoms with van der Waals surface area (Å²) >= 11 is 0. The number of rotatable bonds is 4. The fraction of sp³-hybridized carbons (Fsp3) is 0.286. The van der Waals surface area contributed by atoms with Crippen LogP contribution in [0.4, 0.5) is 5.69 Å². The van der Waals surface area contributed by atoms with Crippen molar-refractivity contribution in [3.63, 3.8) is 0 Å². The second kappa shape index (κ2) is 6.59. The van der Waals surface area contributed by atoms with Gasteiger partial charge in [-0.05, 0) is 12.1 Å². The average Bonchev–Trinajstić information content (AvgIpc) is 3.07. The Kier molecular flexibility index (Phi) is 3.96. The Labute approximate surface area is 152 Å². The van der Waals surface area contributed by atoms with Gasteiger partial charge >= 0.3 is 0 Å². The fourth-order valence-electron chi connectivity index (χ4n) is 3.81. The number of para-hydroxylation sites is 2. The standard InChI is InChI=1S/C21H22N4O/c1-3-7-17-15(5-1)19(22-9-10-25-11-13-26-14-12-25)21-20(23-17)16-6-2-4-8-18(16)24-21/h1-8,24H,9-14H2,(H,22,23). The van der Waals surface area contributed by atoms with Crippen molar-refractivity contribution >= 4 is 38.5 Å². The number of aromatic amines is 1. The van der Waals surface area contributed by atoms with E-state index in [0.29, 0.717) is 0 Å². The van der Waals surface area contributed by atoms with E-state index in [1.165, 1.54) is 5.39 Å². The number of fused-ring (bicyclic) bond motifs is 4. The van der Waals surface area contributed by atoms with Crippen molar-refractivity contribution < 1.29 is 4.74 Å².